The molecule has 102 valence electrons. The number of nitrogens with two attached hydrogens (primary N) is 1. The summed E-state index contributed by atoms with van der Waals surface area (Å²) in [4.78, 5) is 10.5. The Morgan fingerprint density at radius 2 is 1.78 bits per heavy atom. The molecule has 0 saturated heterocycles. The van der Waals surface area contributed by atoms with Gasteiger partial charge in [0.25, 0.3) is 0 Å². The summed E-state index contributed by atoms with van der Waals surface area (Å²) in [5.74, 6) is 1.85. The van der Waals surface area contributed by atoms with E-state index in [1.165, 1.54) is 0 Å². The van der Waals surface area contributed by atoms with E-state index in [0.717, 1.165) is 44.1 Å². The molecule has 1 aromatic heterocycles. The minimum absolute atomic E-state index is 0.297. The Morgan fingerprint density at radius 3 is 2.33 bits per heavy atom. The maximum absolute atomic E-state index is 5.67. The van der Waals surface area contributed by atoms with E-state index in [1.807, 2.05) is 6.07 Å². The predicted molar refractivity (Wildman–Crippen MR) is 76.9 cm³/mol. The van der Waals surface area contributed by atoms with Crippen LogP contribution in [0.2, 0.25) is 0 Å². The van der Waals surface area contributed by atoms with Crippen LogP contribution >= 0.6 is 0 Å². The van der Waals surface area contributed by atoms with Crippen molar-refractivity contribution >= 4 is 17.6 Å². The first-order valence-corrected chi connectivity index (χ1v) is 6.39. The minimum Gasteiger partial charge on any atom is -0.370 e. The number of nitrogens with one attached hydrogen (secondary N) is 2. The van der Waals surface area contributed by atoms with Gasteiger partial charge >= 0.3 is 0 Å². The van der Waals surface area contributed by atoms with Gasteiger partial charge in [0.05, 0.1) is 0 Å². The highest BCUT2D eigenvalue weighted by Gasteiger charge is 2.01. The molecule has 18 heavy (non-hydrogen) atoms. The summed E-state index contributed by atoms with van der Waals surface area (Å²) in [5, 5.41) is 6.46. The fourth-order valence-corrected chi connectivity index (χ4v) is 1.51. The maximum Gasteiger partial charge on any atom is 0.223 e. The number of nitrogen functional groups attached to an aromatic ring is 1. The van der Waals surface area contributed by atoms with Crippen molar-refractivity contribution in [2.24, 2.45) is 0 Å². The van der Waals surface area contributed by atoms with Crippen molar-refractivity contribution < 1.29 is 0 Å². The summed E-state index contributed by atoms with van der Waals surface area (Å²) in [7, 11) is 4.13. The maximum atomic E-state index is 5.67. The standard InChI is InChI=1S/C12H24N6/c1-4-6-14-10-9-11(17-12(13)16-10)15-7-5-8-18(2)3/h9H,4-8H2,1-3H3,(H4,13,14,15,16,17). The molecule has 6 heteroatoms. The zero-order valence-corrected chi connectivity index (χ0v) is 11.5. The number of rotatable bonds is 8. The van der Waals surface area contributed by atoms with E-state index in [-0.39, 0.29) is 0 Å². The third-order valence-corrected chi connectivity index (χ3v) is 2.39. The Hall–Kier alpha value is -1.56. The minimum atomic E-state index is 0.297. The van der Waals surface area contributed by atoms with E-state index >= 15 is 0 Å². The fourth-order valence-electron chi connectivity index (χ4n) is 1.51. The van der Waals surface area contributed by atoms with Gasteiger partial charge < -0.3 is 21.3 Å². The van der Waals surface area contributed by atoms with Gasteiger partial charge in [0, 0.05) is 19.2 Å². The third-order valence-electron chi connectivity index (χ3n) is 2.39. The molecule has 0 aromatic carbocycles. The Morgan fingerprint density at radius 1 is 1.17 bits per heavy atom. The molecule has 0 aliphatic carbocycles. The summed E-state index contributed by atoms with van der Waals surface area (Å²) in [6.45, 7) is 4.92. The highest BCUT2D eigenvalue weighted by atomic mass is 15.1. The molecule has 0 radical (unpaired) electrons. The molecule has 4 N–H and O–H groups in total. The van der Waals surface area contributed by atoms with Crippen molar-refractivity contribution in [2.75, 3.05) is 50.1 Å². The summed E-state index contributed by atoms with van der Waals surface area (Å²) in [6.07, 6.45) is 2.12. The molecular weight excluding hydrogens is 228 g/mol. The third kappa shape index (κ3) is 5.67. The van der Waals surface area contributed by atoms with Crippen LogP contribution in [-0.4, -0.2) is 48.6 Å². The van der Waals surface area contributed by atoms with Crippen LogP contribution in [0, 0.1) is 0 Å². The number of nitrogens with zero attached hydrogens (tertiary/aromatic N) is 3. The van der Waals surface area contributed by atoms with Gasteiger partial charge in [0.15, 0.2) is 0 Å². The van der Waals surface area contributed by atoms with Crippen molar-refractivity contribution in [2.45, 2.75) is 19.8 Å². The van der Waals surface area contributed by atoms with Gasteiger partial charge in [-0.25, -0.2) is 0 Å². The Labute approximate surface area is 109 Å². The van der Waals surface area contributed by atoms with Crippen LogP contribution in [0.3, 0.4) is 0 Å². The normalized spacial score (nSPS) is 10.7. The van der Waals surface area contributed by atoms with Crippen LogP contribution in [0.1, 0.15) is 19.8 Å². The molecule has 0 unspecified atom stereocenters. The van der Waals surface area contributed by atoms with Gasteiger partial charge in [-0.3, -0.25) is 0 Å². The topological polar surface area (TPSA) is 79.1 Å². The molecule has 0 fully saturated rings. The van der Waals surface area contributed by atoms with E-state index in [1.54, 1.807) is 0 Å². The molecule has 0 atom stereocenters. The SMILES string of the molecule is CCCNc1cc(NCCCN(C)C)nc(N)n1. The van der Waals surface area contributed by atoms with E-state index < -0.39 is 0 Å². The quantitative estimate of drug-likeness (QED) is 0.604. The zero-order valence-electron chi connectivity index (χ0n) is 11.5. The van der Waals surface area contributed by atoms with Gasteiger partial charge in [0.2, 0.25) is 5.95 Å². The molecule has 0 amide bonds. The van der Waals surface area contributed by atoms with E-state index in [4.69, 9.17) is 5.73 Å². The van der Waals surface area contributed by atoms with Crippen LogP contribution in [-0.2, 0) is 0 Å². The first-order chi connectivity index (χ1) is 8.61. The number of hydrogen-bond donors (Lipinski definition) is 3. The first kappa shape index (κ1) is 14.5. The van der Waals surface area contributed by atoms with Crippen LogP contribution in [0.4, 0.5) is 17.6 Å². The highest BCUT2D eigenvalue weighted by Crippen LogP contribution is 2.12. The number of hydrogen-bond acceptors (Lipinski definition) is 6. The monoisotopic (exact) mass is 252 g/mol. The van der Waals surface area contributed by atoms with Gasteiger partial charge in [0.1, 0.15) is 11.6 Å². The molecule has 1 aromatic rings. The molecule has 0 spiro atoms. The van der Waals surface area contributed by atoms with Gasteiger partial charge in [-0.1, -0.05) is 6.92 Å². The second-order valence-electron chi connectivity index (χ2n) is 4.51. The highest BCUT2D eigenvalue weighted by molar-refractivity contribution is 5.50. The molecule has 0 saturated carbocycles. The second kappa shape index (κ2) is 7.71. The summed E-state index contributed by atoms with van der Waals surface area (Å²) in [6, 6.07) is 1.89. The zero-order chi connectivity index (χ0) is 13.4. The van der Waals surface area contributed by atoms with Crippen molar-refractivity contribution in [3.8, 4) is 0 Å². The van der Waals surface area contributed by atoms with Crippen molar-refractivity contribution in [3.05, 3.63) is 6.07 Å². The fraction of sp³-hybridized carbons (Fsp3) is 0.667. The summed E-state index contributed by atoms with van der Waals surface area (Å²) < 4.78 is 0. The second-order valence-corrected chi connectivity index (χ2v) is 4.51. The van der Waals surface area contributed by atoms with Crippen molar-refractivity contribution in [1.82, 2.24) is 14.9 Å². The molecule has 0 aliphatic rings. The molecule has 1 heterocycles. The van der Waals surface area contributed by atoms with E-state index in [0.29, 0.717) is 5.95 Å². The lowest BCUT2D eigenvalue weighted by molar-refractivity contribution is 0.405. The van der Waals surface area contributed by atoms with E-state index in [9.17, 15) is 0 Å². The molecule has 0 bridgehead atoms. The lowest BCUT2D eigenvalue weighted by atomic mass is 10.4. The van der Waals surface area contributed by atoms with E-state index in [2.05, 4.69) is 46.5 Å². The lowest BCUT2D eigenvalue weighted by Crippen LogP contribution is -2.17. The Kier molecular flexibility index (Phi) is 6.21. The molecule has 1 rings (SSSR count). The first-order valence-electron chi connectivity index (χ1n) is 6.39. The Bertz CT molecular complexity index is 352. The number of anilines is 3. The van der Waals surface area contributed by atoms with Crippen LogP contribution in [0.25, 0.3) is 0 Å². The predicted octanol–water partition coefficient (Wildman–Crippen LogP) is 1.24. The molecule has 6 nitrogen and oxygen atoms in total. The Balaban J connectivity index is 2.46. The smallest absolute Gasteiger partial charge is 0.223 e. The number of aromatic nitrogens is 2. The van der Waals surface area contributed by atoms with Crippen LogP contribution in [0.15, 0.2) is 6.07 Å². The summed E-state index contributed by atoms with van der Waals surface area (Å²) in [5.41, 5.74) is 5.67. The molecular formula is C12H24N6. The van der Waals surface area contributed by atoms with Gasteiger partial charge in [-0.2, -0.15) is 9.97 Å². The summed E-state index contributed by atoms with van der Waals surface area (Å²) >= 11 is 0. The van der Waals surface area contributed by atoms with Crippen molar-refractivity contribution in [3.63, 3.8) is 0 Å². The average molecular weight is 252 g/mol. The van der Waals surface area contributed by atoms with Crippen molar-refractivity contribution in [1.29, 1.82) is 0 Å². The molecule has 0 aliphatic heterocycles. The largest absolute Gasteiger partial charge is 0.370 e. The lowest BCUT2D eigenvalue weighted by Gasteiger charge is -2.11. The van der Waals surface area contributed by atoms with Gasteiger partial charge in [-0.05, 0) is 33.5 Å². The van der Waals surface area contributed by atoms with Gasteiger partial charge in [-0.15, -0.1) is 0 Å². The van der Waals surface area contributed by atoms with Crippen LogP contribution < -0.4 is 16.4 Å². The average Bonchev–Trinajstić information content (AvgIpc) is 2.31. The van der Waals surface area contributed by atoms with Crippen LogP contribution in [0.5, 0.6) is 0 Å².